The Morgan fingerprint density at radius 1 is 1.11 bits per heavy atom. The summed E-state index contributed by atoms with van der Waals surface area (Å²) < 4.78 is 26.7. The first kappa shape index (κ1) is 19.0. The molecule has 0 aliphatic carbocycles. The lowest BCUT2D eigenvalue weighted by molar-refractivity contribution is 0.0608. The van der Waals surface area contributed by atoms with Crippen molar-refractivity contribution in [3.63, 3.8) is 0 Å². The Balaban J connectivity index is 1.78. The summed E-state index contributed by atoms with van der Waals surface area (Å²) in [5.74, 6) is -2.22. The minimum atomic E-state index is -0.852. The minimum Gasteiger partial charge on any atom is -0.336 e. The average Bonchev–Trinajstić information content (AvgIpc) is 2.69. The molecule has 1 saturated heterocycles. The van der Waals surface area contributed by atoms with Gasteiger partial charge in [-0.25, -0.2) is 8.78 Å². The van der Waals surface area contributed by atoms with Crippen molar-refractivity contribution in [2.45, 2.75) is 38.6 Å². The Morgan fingerprint density at radius 2 is 1.89 bits per heavy atom. The van der Waals surface area contributed by atoms with Gasteiger partial charge in [0.1, 0.15) is 11.6 Å². The quantitative estimate of drug-likeness (QED) is 0.851. The van der Waals surface area contributed by atoms with Gasteiger partial charge in [0.15, 0.2) is 0 Å². The maximum atomic E-state index is 13.7. The summed E-state index contributed by atoms with van der Waals surface area (Å²) in [6.07, 6.45) is 3.99. The summed E-state index contributed by atoms with van der Waals surface area (Å²) >= 11 is 0. The third-order valence-corrected chi connectivity index (χ3v) is 4.91. The molecule has 2 aromatic rings. The lowest BCUT2D eigenvalue weighted by Gasteiger charge is -2.35. The van der Waals surface area contributed by atoms with Crippen LogP contribution in [0.4, 0.5) is 14.5 Å². The highest BCUT2D eigenvalue weighted by molar-refractivity contribution is 6.06. The Morgan fingerprint density at radius 3 is 2.63 bits per heavy atom. The van der Waals surface area contributed by atoms with Gasteiger partial charge in [-0.2, -0.15) is 0 Å². The van der Waals surface area contributed by atoms with Gasteiger partial charge in [0.25, 0.3) is 11.8 Å². The molecule has 1 fully saturated rings. The third kappa shape index (κ3) is 4.32. The number of amides is 2. The lowest BCUT2D eigenvalue weighted by atomic mass is 9.98. The van der Waals surface area contributed by atoms with Crippen molar-refractivity contribution in [1.29, 1.82) is 0 Å². The number of hydrogen-bond donors (Lipinski definition) is 1. The van der Waals surface area contributed by atoms with Gasteiger partial charge in [0.05, 0.1) is 5.69 Å². The molecular formula is C21H22F2N2O2. The summed E-state index contributed by atoms with van der Waals surface area (Å²) in [4.78, 5) is 27.2. The van der Waals surface area contributed by atoms with Crippen LogP contribution in [0.25, 0.3) is 0 Å². The number of piperidine rings is 1. The minimum absolute atomic E-state index is 0.0934. The number of nitrogens with zero attached hydrogens (tertiary/aromatic N) is 1. The fourth-order valence-corrected chi connectivity index (χ4v) is 3.44. The Kier molecular flexibility index (Phi) is 5.84. The number of carbonyl (C=O) groups is 2. The first-order valence-corrected chi connectivity index (χ1v) is 9.17. The van der Waals surface area contributed by atoms with Crippen LogP contribution in [0.5, 0.6) is 0 Å². The molecular weight excluding hydrogens is 350 g/mol. The van der Waals surface area contributed by atoms with Gasteiger partial charge in [-0.1, -0.05) is 13.0 Å². The number of nitrogens with one attached hydrogen (secondary N) is 1. The van der Waals surface area contributed by atoms with E-state index in [0.29, 0.717) is 18.2 Å². The van der Waals surface area contributed by atoms with Crippen molar-refractivity contribution >= 4 is 17.5 Å². The van der Waals surface area contributed by atoms with E-state index in [2.05, 4.69) is 12.2 Å². The van der Waals surface area contributed by atoms with Crippen LogP contribution in [-0.4, -0.2) is 29.3 Å². The second-order valence-electron chi connectivity index (χ2n) is 6.72. The predicted octanol–water partition coefficient (Wildman–Crippen LogP) is 4.62. The number of carbonyl (C=O) groups excluding carboxylic acids is 2. The number of benzene rings is 2. The van der Waals surface area contributed by atoms with Crippen LogP contribution < -0.4 is 5.32 Å². The molecule has 27 heavy (non-hydrogen) atoms. The van der Waals surface area contributed by atoms with Crippen LogP contribution in [0.3, 0.4) is 0 Å². The number of hydrogen-bond acceptors (Lipinski definition) is 2. The predicted molar refractivity (Wildman–Crippen MR) is 99.7 cm³/mol. The summed E-state index contributed by atoms with van der Waals surface area (Å²) in [6, 6.07) is 9.54. The smallest absolute Gasteiger partial charge is 0.255 e. The van der Waals surface area contributed by atoms with E-state index >= 15 is 0 Å². The molecule has 0 spiro atoms. The van der Waals surface area contributed by atoms with Crippen molar-refractivity contribution in [3.8, 4) is 0 Å². The average molecular weight is 372 g/mol. The molecule has 1 N–H and O–H groups in total. The van der Waals surface area contributed by atoms with E-state index in [0.717, 1.165) is 37.8 Å². The molecule has 1 heterocycles. The maximum Gasteiger partial charge on any atom is 0.255 e. The fraction of sp³-hybridized carbons (Fsp3) is 0.333. The maximum absolute atomic E-state index is 13.7. The topological polar surface area (TPSA) is 49.4 Å². The van der Waals surface area contributed by atoms with Gasteiger partial charge in [-0.3, -0.25) is 9.59 Å². The Hall–Kier alpha value is -2.76. The molecule has 0 bridgehead atoms. The molecule has 4 nitrogen and oxygen atoms in total. The van der Waals surface area contributed by atoms with E-state index in [-0.39, 0.29) is 23.2 Å². The van der Waals surface area contributed by atoms with Crippen molar-refractivity contribution < 1.29 is 18.4 Å². The standard InChI is InChI=1S/C21H22F2N2O2/c1-2-17-8-3-4-11-25(17)21(27)15-7-5-6-14(12-15)20(26)24-19-10-9-16(22)13-18(19)23/h5-7,9-10,12-13,17H,2-4,8,11H2,1H3,(H,24,26). The second kappa shape index (κ2) is 8.29. The van der Waals surface area contributed by atoms with Crippen molar-refractivity contribution in [3.05, 3.63) is 65.2 Å². The van der Waals surface area contributed by atoms with E-state index in [1.165, 1.54) is 6.07 Å². The monoisotopic (exact) mass is 372 g/mol. The lowest BCUT2D eigenvalue weighted by Crippen LogP contribution is -2.43. The Labute approximate surface area is 157 Å². The normalized spacial score (nSPS) is 16.9. The van der Waals surface area contributed by atoms with Gasteiger partial charge in [-0.15, -0.1) is 0 Å². The first-order chi connectivity index (χ1) is 13.0. The summed E-state index contributed by atoms with van der Waals surface area (Å²) in [7, 11) is 0. The van der Waals surface area contributed by atoms with E-state index in [4.69, 9.17) is 0 Å². The summed E-state index contributed by atoms with van der Waals surface area (Å²) in [6.45, 7) is 2.78. The zero-order valence-electron chi connectivity index (χ0n) is 15.2. The molecule has 142 valence electrons. The molecule has 3 rings (SSSR count). The van der Waals surface area contributed by atoms with Gasteiger partial charge >= 0.3 is 0 Å². The van der Waals surface area contributed by atoms with Crippen molar-refractivity contribution in [2.24, 2.45) is 0 Å². The van der Waals surface area contributed by atoms with E-state index in [1.54, 1.807) is 18.2 Å². The molecule has 0 radical (unpaired) electrons. The first-order valence-electron chi connectivity index (χ1n) is 9.17. The van der Waals surface area contributed by atoms with E-state index in [9.17, 15) is 18.4 Å². The van der Waals surface area contributed by atoms with Crippen LogP contribution in [0, 0.1) is 11.6 Å². The van der Waals surface area contributed by atoms with E-state index in [1.807, 2.05) is 4.90 Å². The van der Waals surface area contributed by atoms with Crippen LogP contribution in [0.2, 0.25) is 0 Å². The van der Waals surface area contributed by atoms with Crippen LogP contribution in [0.1, 0.15) is 53.3 Å². The highest BCUT2D eigenvalue weighted by atomic mass is 19.1. The molecule has 1 unspecified atom stereocenters. The molecule has 0 saturated carbocycles. The molecule has 1 aliphatic heterocycles. The summed E-state index contributed by atoms with van der Waals surface area (Å²) in [5.41, 5.74) is 0.567. The van der Waals surface area contributed by atoms with Gasteiger partial charge in [-0.05, 0) is 56.0 Å². The van der Waals surface area contributed by atoms with Gasteiger partial charge < -0.3 is 10.2 Å². The van der Waals surface area contributed by atoms with Gasteiger partial charge in [0.2, 0.25) is 0 Å². The number of halogens is 2. The number of likely N-dealkylation sites (tertiary alicyclic amines) is 1. The van der Waals surface area contributed by atoms with Gasteiger partial charge in [0, 0.05) is 29.8 Å². The van der Waals surface area contributed by atoms with Crippen LogP contribution >= 0.6 is 0 Å². The molecule has 6 heteroatoms. The van der Waals surface area contributed by atoms with Crippen LogP contribution in [0.15, 0.2) is 42.5 Å². The summed E-state index contributed by atoms with van der Waals surface area (Å²) in [5, 5.41) is 2.41. The fourth-order valence-electron chi connectivity index (χ4n) is 3.44. The zero-order chi connectivity index (χ0) is 19.4. The highest BCUT2D eigenvalue weighted by Gasteiger charge is 2.26. The molecule has 2 amide bonds. The molecule has 0 aromatic heterocycles. The second-order valence-corrected chi connectivity index (χ2v) is 6.72. The molecule has 2 aromatic carbocycles. The largest absolute Gasteiger partial charge is 0.336 e. The Bertz CT molecular complexity index is 854. The highest BCUT2D eigenvalue weighted by Crippen LogP contribution is 2.22. The molecule has 1 aliphatic rings. The van der Waals surface area contributed by atoms with Crippen molar-refractivity contribution in [2.75, 3.05) is 11.9 Å². The van der Waals surface area contributed by atoms with E-state index < -0.39 is 17.5 Å². The number of rotatable bonds is 4. The third-order valence-electron chi connectivity index (χ3n) is 4.91. The molecule has 1 atom stereocenters. The zero-order valence-corrected chi connectivity index (χ0v) is 15.2. The SMILES string of the molecule is CCC1CCCCN1C(=O)c1cccc(C(=O)Nc2ccc(F)cc2F)c1. The number of anilines is 1. The van der Waals surface area contributed by atoms with Crippen LogP contribution in [-0.2, 0) is 0 Å². The van der Waals surface area contributed by atoms with Crippen molar-refractivity contribution in [1.82, 2.24) is 4.90 Å².